The van der Waals surface area contributed by atoms with E-state index in [4.69, 9.17) is 4.74 Å². The van der Waals surface area contributed by atoms with E-state index in [-0.39, 0.29) is 5.91 Å². The maximum absolute atomic E-state index is 12.0. The third-order valence-electron chi connectivity index (χ3n) is 3.53. The summed E-state index contributed by atoms with van der Waals surface area (Å²) in [6, 6.07) is 12.0. The van der Waals surface area contributed by atoms with Gasteiger partial charge in [0.2, 0.25) is 5.91 Å². The summed E-state index contributed by atoms with van der Waals surface area (Å²) in [4.78, 5) is 12.0. The molecule has 3 nitrogen and oxygen atoms in total. The summed E-state index contributed by atoms with van der Waals surface area (Å²) in [5.41, 5.74) is 4.29. The van der Waals surface area contributed by atoms with E-state index in [0.717, 1.165) is 27.0 Å². The lowest BCUT2D eigenvalue weighted by molar-refractivity contribution is -0.116. The van der Waals surface area contributed by atoms with Crippen LogP contribution in [0.4, 0.5) is 5.69 Å². The number of benzene rings is 2. The van der Waals surface area contributed by atoms with E-state index >= 15 is 0 Å². The van der Waals surface area contributed by atoms with Crippen molar-refractivity contribution in [1.29, 1.82) is 0 Å². The first-order chi connectivity index (χ1) is 11.0. The Kier molecular flexibility index (Phi) is 6.22. The molecule has 4 heteroatoms. The Morgan fingerprint density at radius 3 is 2.48 bits per heavy atom. The molecule has 0 saturated carbocycles. The summed E-state index contributed by atoms with van der Waals surface area (Å²) in [5.74, 6) is 0.885. The number of nitrogens with one attached hydrogen (secondary N) is 1. The van der Waals surface area contributed by atoms with Gasteiger partial charge in [0.1, 0.15) is 5.75 Å². The van der Waals surface area contributed by atoms with Crippen LogP contribution in [0.25, 0.3) is 0 Å². The predicted octanol–water partition coefficient (Wildman–Crippen LogP) is 5.17. The van der Waals surface area contributed by atoms with Gasteiger partial charge in [-0.05, 0) is 72.4 Å². The second kappa shape index (κ2) is 8.16. The zero-order chi connectivity index (χ0) is 16.8. The van der Waals surface area contributed by atoms with Crippen LogP contribution in [0.3, 0.4) is 0 Å². The largest absolute Gasteiger partial charge is 0.493 e. The maximum atomic E-state index is 12.0. The third-order valence-corrected chi connectivity index (χ3v) is 4.19. The Morgan fingerprint density at radius 2 is 1.78 bits per heavy atom. The van der Waals surface area contributed by atoms with Crippen LogP contribution in [0.1, 0.15) is 29.5 Å². The average molecular weight is 376 g/mol. The molecule has 23 heavy (non-hydrogen) atoms. The maximum Gasteiger partial charge on any atom is 0.224 e. The predicted molar refractivity (Wildman–Crippen MR) is 98.2 cm³/mol. The van der Waals surface area contributed by atoms with Gasteiger partial charge >= 0.3 is 0 Å². The van der Waals surface area contributed by atoms with Crippen molar-refractivity contribution in [3.8, 4) is 5.75 Å². The van der Waals surface area contributed by atoms with Gasteiger partial charge in [-0.1, -0.05) is 23.8 Å². The minimum Gasteiger partial charge on any atom is -0.493 e. The summed E-state index contributed by atoms with van der Waals surface area (Å²) in [6.07, 6.45) is 1.12. The van der Waals surface area contributed by atoms with Gasteiger partial charge in [0.25, 0.3) is 0 Å². The van der Waals surface area contributed by atoms with Gasteiger partial charge in [-0.2, -0.15) is 0 Å². The molecule has 0 aliphatic rings. The summed E-state index contributed by atoms with van der Waals surface area (Å²) >= 11 is 3.46. The van der Waals surface area contributed by atoms with Crippen molar-refractivity contribution in [2.24, 2.45) is 0 Å². The zero-order valence-corrected chi connectivity index (χ0v) is 15.4. The van der Waals surface area contributed by atoms with Gasteiger partial charge in [0, 0.05) is 10.9 Å². The van der Waals surface area contributed by atoms with Gasteiger partial charge in [-0.25, -0.2) is 0 Å². The molecular formula is C19H22BrNO2. The summed E-state index contributed by atoms with van der Waals surface area (Å²) in [7, 11) is 0. The van der Waals surface area contributed by atoms with Gasteiger partial charge in [0.05, 0.1) is 12.3 Å². The topological polar surface area (TPSA) is 38.3 Å². The molecule has 0 heterocycles. The van der Waals surface area contributed by atoms with Crippen LogP contribution in [-0.4, -0.2) is 12.5 Å². The van der Waals surface area contributed by atoms with Crippen molar-refractivity contribution in [1.82, 2.24) is 0 Å². The molecule has 0 bridgehead atoms. The first-order valence-electron chi connectivity index (χ1n) is 7.72. The molecule has 0 fully saturated rings. The number of rotatable bonds is 6. The van der Waals surface area contributed by atoms with E-state index in [0.29, 0.717) is 19.4 Å². The molecule has 0 saturated heterocycles. The van der Waals surface area contributed by atoms with Gasteiger partial charge in [0.15, 0.2) is 0 Å². The Bertz CT molecular complexity index is 698. The lowest BCUT2D eigenvalue weighted by atomic mass is 10.1. The number of amides is 1. The van der Waals surface area contributed by atoms with Crippen LogP contribution < -0.4 is 10.1 Å². The standard InChI is InChI=1S/C19H22BrNO2/c1-13-7-9-18(15(3)11-13)23-10-4-5-19(22)21-17-8-6-14(2)12-16(17)20/h6-9,11-12H,4-5,10H2,1-3H3,(H,21,22). The van der Waals surface area contributed by atoms with E-state index in [2.05, 4.69) is 34.2 Å². The van der Waals surface area contributed by atoms with Crippen molar-refractivity contribution in [2.45, 2.75) is 33.6 Å². The molecule has 0 spiro atoms. The van der Waals surface area contributed by atoms with Gasteiger partial charge in [-0.15, -0.1) is 0 Å². The minimum absolute atomic E-state index is 0.00113. The van der Waals surface area contributed by atoms with E-state index in [1.165, 1.54) is 5.56 Å². The molecule has 0 aliphatic heterocycles. The van der Waals surface area contributed by atoms with Crippen molar-refractivity contribution < 1.29 is 9.53 Å². The number of aryl methyl sites for hydroxylation is 3. The molecule has 0 radical (unpaired) electrons. The number of anilines is 1. The molecule has 1 amide bonds. The molecule has 0 aliphatic carbocycles. The summed E-state index contributed by atoms with van der Waals surface area (Å²) in [6.45, 7) is 6.64. The quantitative estimate of drug-likeness (QED) is 0.707. The Hall–Kier alpha value is -1.81. The van der Waals surface area contributed by atoms with Gasteiger partial charge < -0.3 is 10.1 Å². The van der Waals surface area contributed by atoms with E-state index < -0.39 is 0 Å². The fraction of sp³-hybridized carbons (Fsp3) is 0.316. The molecular weight excluding hydrogens is 354 g/mol. The Labute approximate surface area is 146 Å². The van der Waals surface area contributed by atoms with Crippen LogP contribution in [0, 0.1) is 20.8 Å². The highest BCUT2D eigenvalue weighted by Crippen LogP contribution is 2.23. The first kappa shape index (κ1) is 17.5. The Morgan fingerprint density at radius 1 is 1.09 bits per heavy atom. The number of hydrogen-bond acceptors (Lipinski definition) is 2. The van der Waals surface area contributed by atoms with Crippen LogP contribution in [0.15, 0.2) is 40.9 Å². The van der Waals surface area contributed by atoms with Crippen LogP contribution in [0.5, 0.6) is 5.75 Å². The van der Waals surface area contributed by atoms with Crippen LogP contribution in [0.2, 0.25) is 0 Å². The number of hydrogen-bond donors (Lipinski definition) is 1. The van der Waals surface area contributed by atoms with Crippen LogP contribution >= 0.6 is 15.9 Å². The number of carbonyl (C=O) groups is 1. The molecule has 1 N–H and O–H groups in total. The second-order valence-corrected chi connectivity index (χ2v) is 6.61. The summed E-state index contributed by atoms with van der Waals surface area (Å²) < 4.78 is 6.64. The smallest absolute Gasteiger partial charge is 0.224 e. The van der Waals surface area contributed by atoms with Crippen molar-refractivity contribution >= 4 is 27.5 Å². The molecule has 122 valence electrons. The molecule has 2 aromatic rings. The molecule has 0 aromatic heterocycles. The number of halogens is 1. The summed E-state index contributed by atoms with van der Waals surface area (Å²) in [5, 5.41) is 2.91. The fourth-order valence-corrected chi connectivity index (χ4v) is 2.90. The SMILES string of the molecule is Cc1ccc(OCCCC(=O)Nc2ccc(C)cc2Br)c(C)c1. The fourth-order valence-electron chi connectivity index (χ4n) is 2.31. The monoisotopic (exact) mass is 375 g/mol. The number of carbonyl (C=O) groups excluding carboxylic acids is 1. The average Bonchev–Trinajstić information content (AvgIpc) is 2.48. The normalized spacial score (nSPS) is 10.4. The second-order valence-electron chi connectivity index (χ2n) is 5.75. The molecule has 2 rings (SSSR count). The van der Waals surface area contributed by atoms with Crippen LogP contribution in [-0.2, 0) is 4.79 Å². The van der Waals surface area contributed by atoms with E-state index in [1.807, 2.05) is 44.2 Å². The highest BCUT2D eigenvalue weighted by molar-refractivity contribution is 9.10. The lowest BCUT2D eigenvalue weighted by Gasteiger charge is -2.10. The zero-order valence-electron chi connectivity index (χ0n) is 13.8. The van der Waals surface area contributed by atoms with Gasteiger partial charge in [-0.3, -0.25) is 4.79 Å². The van der Waals surface area contributed by atoms with Crippen molar-refractivity contribution in [2.75, 3.05) is 11.9 Å². The highest BCUT2D eigenvalue weighted by Gasteiger charge is 2.06. The molecule has 0 unspecified atom stereocenters. The van der Waals surface area contributed by atoms with Crippen molar-refractivity contribution in [3.05, 3.63) is 57.6 Å². The minimum atomic E-state index is -0.00113. The number of ether oxygens (including phenoxy) is 1. The van der Waals surface area contributed by atoms with Crippen molar-refractivity contribution in [3.63, 3.8) is 0 Å². The van der Waals surface area contributed by atoms with E-state index in [1.54, 1.807) is 0 Å². The van der Waals surface area contributed by atoms with E-state index in [9.17, 15) is 4.79 Å². The highest BCUT2D eigenvalue weighted by atomic mass is 79.9. The Balaban J connectivity index is 1.76. The lowest BCUT2D eigenvalue weighted by Crippen LogP contribution is -2.13. The molecule has 2 aromatic carbocycles. The first-order valence-corrected chi connectivity index (χ1v) is 8.51. The third kappa shape index (κ3) is 5.39. The molecule has 0 atom stereocenters.